The Kier molecular flexibility index (Phi) is 5.18. The highest BCUT2D eigenvalue weighted by atomic mass is 32.2. The van der Waals surface area contributed by atoms with Gasteiger partial charge in [0.05, 0.1) is 35.5 Å². The minimum Gasteiger partial charge on any atom is -0.497 e. The average molecular weight is 424 g/mol. The zero-order chi connectivity index (χ0) is 20.4. The van der Waals surface area contributed by atoms with E-state index in [9.17, 15) is 13.7 Å². The Morgan fingerprint density at radius 1 is 1.17 bits per heavy atom. The highest BCUT2D eigenvalue weighted by Crippen LogP contribution is 2.43. The molecule has 146 valence electrons. The zero-order valence-corrected chi connectivity index (χ0v) is 17.2. The Bertz CT molecular complexity index is 1200. The molecule has 3 aromatic rings. The highest BCUT2D eigenvalue weighted by Gasteiger charge is 2.31. The van der Waals surface area contributed by atoms with Crippen molar-refractivity contribution in [1.82, 2.24) is 4.98 Å². The summed E-state index contributed by atoms with van der Waals surface area (Å²) in [6, 6.07) is 15.7. The number of nitriles is 1. The number of anilines is 1. The number of aromatic nitrogens is 1. The predicted molar refractivity (Wildman–Crippen MR) is 113 cm³/mol. The van der Waals surface area contributed by atoms with E-state index in [1.165, 1.54) is 11.4 Å². The molecule has 0 aliphatic carbocycles. The van der Waals surface area contributed by atoms with E-state index in [-0.39, 0.29) is 4.90 Å². The van der Waals surface area contributed by atoms with Crippen molar-refractivity contribution in [3.63, 3.8) is 0 Å². The number of nitrogens with zero attached hydrogens (tertiary/aromatic N) is 3. The summed E-state index contributed by atoms with van der Waals surface area (Å²) >= 11 is 1.60. The Hall–Kier alpha value is -3.02. The number of thioether (sulfide) groups is 1. The van der Waals surface area contributed by atoms with Crippen LogP contribution in [0.5, 0.6) is 5.75 Å². The van der Waals surface area contributed by atoms with Gasteiger partial charge in [0.2, 0.25) is 0 Å². The van der Waals surface area contributed by atoms with Crippen molar-refractivity contribution in [1.29, 1.82) is 5.26 Å². The molecule has 4 rings (SSSR count). The maximum absolute atomic E-state index is 13.3. The molecule has 0 fully saturated rings. The van der Waals surface area contributed by atoms with Crippen LogP contribution >= 0.6 is 11.8 Å². The number of hydrogen-bond acceptors (Lipinski definition) is 6. The van der Waals surface area contributed by atoms with E-state index in [4.69, 9.17) is 4.74 Å². The van der Waals surface area contributed by atoms with Crippen LogP contribution in [0.1, 0.15) is 5.56 Å². The number of rotatable bonds is 4. The molecule has 0 bridgehead atoms. The molecule has 8 heteroatoms. The summed E-state index contributed by atoms with van der Waals surface area (Å²) in [5.74, 6) is 1.22. The van der Waals surface area contributed by atoms with Gasteiger partial charge >= 0.3 is 0 Å². The van der Waals surface area contributed by atoms with E-state index >= 15 is 0 Å². The lowest BCUT2D eigenvalue weighted by molar-refractivity contribution is 0.414. The number of pyridine rings is 1. The van der Waals surface area contributed by atoms with Crippen LogP contribution in [0.25, 0.3) is 11.1 Å². The smallest absolute Gasteiger partial charge is 0.264 e. The number of sulfonamides is 1. The van der Waals surface area contributed by atoms with E-state index < -0.39 is 10.0 Å². The third-order valence-electron chi connectivity index (χ3n) is 4.64. The summed E-state index contributed by atoms with van der Waals surface area (Å²) < 4.78 is 33.1. The van der Waals surface area contributed by atoms with Gasteiger partial charge in [0.1, 0.15) is 5.75 Å². The molecule has 0 atom stereocenters. The molecule has 0 amide bonds. The average Bonchev–Trinajstić information content (AvgIpc) is 2.78. The third-order valence-corrected chi connectivity index (χ3v) is 7.57. The second-order valence-electron chi connectivity index (χ2n) is 6.33. The van der Waals surface area contributed by atoms with Crippen molar-refractivity contribution in [2.45, 2.75) is 9.79 Å². The third kappa shape index (κ3) is 3.55. The van der Waals surface area contributed by atoms with Crippen molar-refractivity contribution in [3.05, 3.63) is 66.5 Å². The quantitative estimate of drug-likeness (QED) is 0.632. The molecular formula is C21H17N3O3S2. The lowest BCUT2D eigenvalue weighted by Crippen LogP contribution is -2.35. The lowest BCUT2D eigenvalue weighted by atomic mass is 10.0. The molecule has 1 aromatic heterocycles. The minimum atomic E-state index is -3.74. The van der Waals surface area contributed by atoms with Crippen LogP contribution in [0.2, 0.25) is 0 Å². The largest absolute Gasteiger partial charge is 0.497 e. The van der Waals surface area contributed by atoms with Gasteiger partial charge in [-0.1, -0.05) is 12.1 Å². The van der Waals surface area contributed by atoms with Gasteiger partial charge in [-0.2, -0.15) is 5.26 Å². The summed E-state index contributed by atoms with van der Waals surface area (Å²) in [6.45, 7) is 0.357. The SMILES string of the molecule is COc1ccc(S(=O)(=O)N2CCSc3c(-c4cccc(C#N)c4)cncc32)cc1. The summed E-state index contributed by atoms with van der Waals surface area (Å²) in [7, 11) is -2.20. The van der Waals surface area contributed by atoms with Gasteiger partial charge in [-0.05, 0) is 42.0 Å². The molecule has 0 N–H and O–H groups in total. The van der Waals surface area contributed by atoms with Crippen LogP contribution in [0.15, 0.2) is 70.7 Å². The van der Waals surface area contributed by atoms with E-state index in [0.29, 0.717) is 29.3 Å². The van der Waals surface area contributed by atoms with Crippen molar-refractivity contribution in [3.8, 4) is 22.9 Å². The van der Waals surface area contributed by atoms with Gasteiger partial charge in [-0.25, -0.2) is 8.42 Å². The maximum atomic E-state index is 13.3. The summed E-state index contributed by atoms with van der Waals surface area (Å²) in [4.78, 5) is 5.34. The molecule has 0 saturated carbocycles. The van der Waals surface area contributed by atoms with Gasteiger partial charge in [0.25, 0.3) is 10.0 Å². The molecule has 2 heterocycles. The fourth-order valence-electron chi connectivity index (χ4n) is 3.20. The van der Waals surface area contributed by atoms with E-state index in [1.54, 1.807) is 60.6 Å². The summed E-state index contributed by atoms with van der Waals surface area (Å²) in [5, 5.41) is 9.19. The van der Waals surface area contributed by atoms with E-state index in [1.807, 2.05) is 12.1 Å². The summed E-state index contributed by atoms with van der Waals surface area (Å²) in [5.41, 5.74) is 2.75. The van der Waals surface area contributed by atoms with Gasteiger partial charge in [-0.3, -0.25) is 9.29 Å². The minimum absolute atomic E-state index is 0.202. The molecule has 0 spiro atoms. The second-order valence-corrected chi connectivity index (χ2v) is 9.30. The fraction of sp³-hybridized carbons (Fsp3) is 0.143. The van der Waals surface area contributed by atoms with Crippen LogP contribution in [-0.4, -0.2) is 32.8 Å². The molecule has 29 heavy (non-hydrogen) atoms. The zero-order valence-electron chi connectivity index (χ0n) is 15.6. The first-order valence-electron chi connectivity index (χ1n) is 8.83. The van der Waals surface area contributed by atoms with Crippen molar-refractivity contribution in [2.75, 3.05) is 23.7 Å². The molecule has 1 aliphatic rings. The summed E-state index contributed by atoms with van der Waals surface area (Å²) in [6.07, 6.45) is 3.30. The van der Waals surface area contributed by atoms with Crippen LogP contribution in [0.3, 0.4) is 0 Å². The van der Waals surface area contributed by atoms with Gasteiger partial charge in [0.15, 0.2) is 0 Å². The van der Waals surface area contributed by atoms with Gasteiger partial charge in [0, 0.05) is 29.0 Å². The standard InChI is InChI=1S/C21H17N3O3S2/c1-27-17-5-7-18(8-6-17)29(25,26)24-9-10-28-21-19(13-23-14-20(21)24)16-4-2-3-15(11-16)12-22/h2-8,11,13-14H,9-10H2,1H3. The Balaban J connectivity index is 1.80. The predicted octanol–water partition coefficient (Wildman–Crippen LogP) is 3.93. The lowest BCUT2D eigenvalue weighted by Gasteiger charge is -2.31. The molecule has 0 saturated heterocycles. The first kappa shape index (κ1) is 19.3. The number of benzene rings is 2. The van der Waals surface area contributed by atoms with E-state index in [0.717, 1.165) is 16.0 Å². The Morgan fingerprint density at radius 3 is 2.69 bits per heavy atom. The topological polar surface area (TPSA) is 83.3 Å². The number of fused-ring (bicyclic) bond motifs is 1. The maximum Gasteiger partial charge on any atom is 0.264 e. The van der Waals surface area contributed by atoms with Gasteiger partial charge in [-0.15, -0.1) is 11.8 Å². The fourth-order valence-corrected chi connectivity index (χ4v) is 5.96. The Labute approximate surface area is 173 Å². The van der Waals surface area contributed by atoms with Crippen molar-refractivity contribution < 1.29 is 13.2 Å². The van der Waals surface area contributed by atoms with Gasteiger partial charge < -0.3 is 4.74 Å². The van der Waals surface area contributed by atoms with Crippen LogP contribution in [0, 0.1) is 11.3 Å². The monoisotopic (exact) mass is 423 g/mol. The Morgan fingerprint density at radius 2 is 1.97 bits per heavy atom. The van der Waals surface area contributed by atoms with Crippen LogP contribution in [-0.2, 0) is 10.0 Å². The number of methoxy groups -OCH3 is 1. The van der Waals surface area contributed by atoms with Crippen LogP contribution < -0.4 is 9.04 Å². The molecule has 0 radical (unpaired) electrons. The molecular weight excluding hydrogens is 406 g/mol. The second kappa shape index (κ2) is 7.78. The van der Waals surface area contributed by atoms with Crippen molar-refractivity contribution >= 4 is 27.5 Å². The molecule has 1 aliphatic heterocycles. The molecule has 0 unspecified atom stereocenters. The van der Waals surface area contributed by atoms with Crippen molar-refractivity contribution in [2.24, 2.45) is 0 Å². The first-order chi connectivity index (χ1) is 14.0. The van der Waals surface area contributed by atoms with E-state index in [2.05, 4.69) is 11.1 Å². The number of ether oxygens (including phenoxy) is 1. The molecule has 6 nitrogen and oxygen atoms in total. The number of hydrogen-bond donors (Lipinski definition) is 0. The first-order valence-corrected chi connectivity index (χ1v) is 11.3. The normalized spacial score (nSPS) is 13.4. The molecule has 2 aromatic carbocycles. The van der Waals surface area contributed by atoms with Crippen LogP contribution in [0.4, 0.5) is 5.69 Å². The highest BCUT2D eigenvalue weighted by molar-refractivity contribution is 8.00.